The van der Waals surface area contributed by atoms with Crippen LogP contribution in [0.1, 0.15) is 48.5 Å². The normalized spacial score (nSPS) is 22.6. The first-order valence-electron chi connectivity index (χ1n) is 6.62. The van der Waals surface area contributed by atoms with Gasteiger partial charge in [0.15, 0.2) is 0 Å². The number of H-pyrrole nitrogens is 1. The van der Waals surface area contributed by atoms with Crippen LogP contribution in [0, 0.1) is 0 Å². The minimum Gasteiger partial charge on any atom is -0.352 e. The molecule has 1 atom stereocenters. The summed E-state index contributed by atoms with van der Waals surface area (Å²) in [5.74, 6) is 1.30. The molecule has 1 aromatic heterocycles. The molecule has 7 nitrogen and oxygen atoms in total. The summed E-state index contributed by atoms with van der Waals surface area (Å²) in [6.07, 6.45) is 3.03. The number of carbonyl (C=O) groups is 2. The quantitative estimate of drug-likeness (QED) is 0.805. The molecule has 1 saturated heterocycles. The first-order chi connectivity index (χ1) is 9.13. The fourth-order valence-corrected chi connectivity index (χ4v) is 2.40. The summed E-state index contributed by atoms with van der Waals surface area (Å²) >= 11 is 0. The Morgan fingerprint density at radius 3 is 2.84 bits per heavy atom. The molecule has 102 valence electrons. The number of carbonyl (C=O) groups excluding carboxylic acids is 2. The van der Waals surface area contributed by atoms with Crippen LogP contribution in [0.5, 0.6) is 0 Å². The molecule has 2 N–H and O–H groups in total. The van der Waals surface area contributed by atoms with E-state index in [1.54, 1.807) is 4.90 Å². The van der Waals surface area contributed by atoms with Crippen molar-refractivity contribution in [3.63, 3.8) is 0 Å². The lowest BCUT2D eigenvalue weighted by molar-refractivity contribution is -0.119. The number of likely N-dealkylation sites (tertiary alicyclic amines) is 1. The number of hydrogen-bond donors (Lipinski definition) is 2. The number of rotatable bonds is 3. The Morgan fingerprint density at radius 2 is 2.16 bits per heavy atom. The molecule has 0 spiro atoms. The second-order valence-electron chi connectivity index (χ2n) is 5.26. The van der Waals surface area contributed by atoms with Crippen molar-refractivity contribution in [2.24, 2.45) is 0 Å². The topological polar surface area (TPSA) is 91.0 Å². The summed E-state index contributed by atoms with van der Waals surface area (Å²) in [6, 6.07) is 0.0447. The molecule has 1 aromatic rings. The van der Waals surface area contributed by atoms with Crippen molar-refractivity contribution in [2.75, 3.05) is 13.1 Å². The Hall–Kier alpha value is -1.92. The van der Waals surface area contributed by atoms with E-state index in [9.17, 15) is 9.59 Å². The van der Waals surface area contributed by atoms with Gasteiger partial charge in [-0.2, -0.15) is 0 Å². The van der Waals surface area contributed by atoms with Gasteiger partial charge in [-0.1, -0.05) is 0 Å². The molecule has 0 bridgehead atoms. The van der Waals surface area contributed by atoms with Gasteiger partial charge in [0.1, 0.15) is 5.82 Å². The first-order valence-corrected chi connectivity index (χ1v) is 6.62. The largest absolute Gasteiger partial charge is 0.352 e. The predicted molar refractivity (Wildman–Crippen MR) is 66.5 cm³/mol. The van der Waals surface area contributed by atoms with Crippen LogP contribution >= 0.6 is 0 Å². The van der Waals surface area contributed by atoms with Gasteiger partial charge in [-0.15, -0.1) is 5.10 Å². The fourth-order valence-electron chi connectivity index (χ4n) is 2.40. The zero-order valence-electron chi connectivity index (χ0n) is 10.8. The van der Waals surface area contributed by atoms with Gasteiger partial charge in [0, 0.05) is 32.0 Å². The van der Waals surface area contributed by atoms with Crippen molar-refractivity contribution in [1.82, 2.24) is 25.4 Å². The van der Waals surface area contributed by atoms with Crippen LogP contribution in [0.15, 0.2) is 0 Å². The molecule has 1 aliphatic heterocycles. The maximum absolute atomic E-state index is 12.2. The molecule has 2 heterocycles. The minimum atomic E-state index is -0.156. The molecule has 19 heavy (non-hydrogen) atoms. The molecule has 0 radical (unpaired) electrons. The molecular formula is C12H17N5O2. The highest BCUT2D eigenvalue weighted by Crippen LogP contribution is 2.37. The van der Waals surface area contributed by atoms with Crippen LogP contribution < -0.4 is 5.32 Å². The van der Waals surface area contributed by atoms with E-state index in [1.165, 1.54) is 6.92 Å². The molecule has 2 amide bonds. The number of nitrogens with zero attached hydrogens (tertiary/aromatic N) is 3. The number of nitrogens with one attached hydrogen (secondary N) is 2. The van der Waals surface area contributed by atoms with Gasteiger partial charge >= 0.3 is 0 Å². The molecule has 1 aliphatic carbocycles. The standard InChI is InChI=1S/C12H17N5O2/c1-7(18)13-9-4-5-17(6-9)12(19)11-14-10(15-16-11)8-2-3-8/h8-9H,2-6H2,1H3,(H,13,18)(H,14,15,16). The van der Waals surface area contributed by atoms with Crippen LogP contribution in [0.4, 0.5) is 0 Å². The van der Waals surface area contributed by atoms with E-state index in [0.717, 1.165) is 25.1 Å². The highest BCUT2D eigenvalue weighted by atomic mass is 16.2. The van der Waals surface area contributed by atoms with Gasteiger partial charge < -0.3 is 10.2 Å². The summed E-state index contributed by atoms with van der Waals surface area (Å²) in [5.41, 5.74) is 0. The smallest absolute Gasteiger partial charge is 0.293 e. The van der Waals surface area contributed by atoms with Crippen molar-refractivity contribution in [3.8, 4) is 0 Å². The molecule has 1 saturated carbocycles. The van der Waals surface area contributed by atoms with E-state index in [4.69, 9.17) is 0 Å². The van der Waals surface area contributed by atoms with E-state index in [0.29, 0.717) is 19.0 Å². The van der Waals surface area contributed by atoms with E-state index < -0.39 is 0 Å². The number of amides is 2. The Balaban J connectivity index is 1.62. The van der Waals surface area contributed by atoms with E-state index in [1.807, 2.05) is 0 Å². The highest BCUT2D eigenvalue weighted by molar-refractivity contribution is 5.90. The lowest BCUT2D eigenvalue weighted by atomic mass is 10.3. The Labute approximate surface area is 110 Å². The second-order valence-corrected chi connectivity index (χ2v) is 5.26. The van der Waals surface area contributed by atoms with E-state index in [2.05, 4.69) is 20.5 Å². The monoisotopic (exact) mass is 263 g/mol. The molecule has 2 fully saturated rings. The van der Waals surface area contributed by atoms with Gasteiger partial charge in [0.05, 0.1) is 0 Å². The molecule has 1 unspecified atom stereocenters. The summed E-state index contributed by atoms with van der Waals surface area (Å²) in [6.45, 7) is 2.66. The van der Waals surface area contributed by atoms with Crippen molar-refractivity contribution in [1.29, 1.82) is 0 Å². The van der Waals surface area contributed by atoms with Crippen molar-refractivity contribution in [2.45, 2.75) is 38.1 Å². The van der Waals surface area contributed by atoms with Gasteiger partial charge in [-0.3, -0.25) is 14.7 Å². The van der Waals surface area contributed by atoms with Crippen LogP contribution in [-0.4, -0.2) is 51.0 Å². The van der Waals surface area contributed by atoms with Crippen LogP contribution in [0.25, 0.3) is 0 Å². The van der Waals surface area contributed by atoms with Crippen molar-refractivity contribution >= 4 is 11.8 Å². The molecule has 7 heteroatoms. The molecule has 2 aliphatic rings. The lowest BCUT2D eigenvalue weighted by Gasteiger charge is -2.14. The van der Waals surface area contributed by atoms with Gasteiger partial charge in [-0.05, 0) is 19.3 Å². The third kappa shape index (κ3) is 2.59. The third-order valence-electron chi connectivity index (χ3n) is 3.54. The predicted octanol–water partition coefficient (Wildman–Crippen LogP) is 0.0327. The molecule has 0 aromatic carbocycles. The third-order valence-corrected chi connectivity index (χ3v) is 3.54. The Morgan fingerprint density at radius 1 is 1.37 bits per heavy atom. The van der Waals surface area contributed by atoms with Gasteiger partial charge in [-0.25, -0.2) is 4.98 Å². The summed E-state index contributed by atoms with van der Waals surface area (Å²) in [5, 5.41) is 9.66. The van der Waals surface area contributed by atoms with Gasteiger partial charge in [0.25, 0.3) is 5.91 Å². The van der Waals surface area contributed by atoms with Crippen molar-refractivity contribution < 1.29 is 9.59 Å². The van der Waals surface area contributed by atoms with E-state index in [-0.39, 0.29) is 23.7 Å². The van der Waals surface area contributed by atoms with Crippen molar-refractivity contribution in [3.05, 3.63) is 11.6 Å². The summed E-state index contributed by atoms with van der Waals surface area (Å²) in [4.78, 5) is 29.1. The van der Waals surface area contributed by atoms with Gasteiger partial charge in [0.2, 0.25) is 11.7 Å². The zero-order valence-corrected chi connectivity index (χ0v) is 10.8. The maximum atomic E-state index is 12.2. The first kappa shape index (κ1) is 12.1. The maximum Gasteiger partial charge on any atom is 0.293 e. The average Bonchev–Trinajstić information content (AvgIpc) is 2.92. The highest BCUT2D eigenvalue weighted by Gasteiger charge is 2.32. The fraction of sp³-hybridized carbons (Fsp3) is 0.667. The van der Waals surface area contributed by atoms with Crippen LogP contribution in [-0.2, 0) is 4.79 Å². The Kier molecular flexibility index (Phi) is 2.96. The summed E-state index contributed by atoms with van der Waals surface area (Å²) < 4.78 is 0. The van der Waals surface area contributed by atoms with E-state index >= 15 is 0 Å². The number of hydrogen-bond acceptors (Lipinski definition) is 4. The second kappa shape index (κ2) is 4.64. The number of aromatic amines is 1. The van der Waals surface area contributed by atoms with Crippen LogP contribution in [0.2, 0.25) is 0 Å². The lowest BCUT2D eigenvalue weighted by Crippen LogP contribution is -2.37. The molecule has 3 rings (SSSR count). The zero-order chi connectivity index (χ0) is 13.4. The Bertz CT molecular complexity index is 508. The SMILES string of the molecule is CC(=O)NC1CCN(C(=O)c2n[nH]c(C3CC3)n2)C1. The molecular weight excluding hydrogens is 246 g/mol. The summed E-state index contributed by atoms with van der Waals surface area (Å²) in [7, 11) is 0. The number of aromatic nitrogens is 3. The minimum absolute atomic E-state index is 0.0447. The average molecular weight is 263 g/mol. The van der Waals surface area contributed by atoms with Crippen LogP contribution in [0.3, 0.4) is 0 Å².